The summed E-state index contributed by atoms with van der Waals surface area (Å²) in [6.07, 6.45) is -3.38. The van der Waals surface area contributed by atoms with Crippen LogP contribution < -0.4 is 11.3 Å². The summed E-state index contributed by atoms with van der Waals surface area (Å²) in [6, 6.07) is 2.06. The minimum absolute atomic E-state index is 0. The Kier molecular flexibility index (Phi) is 6.63. The van der Waals surface area contributed by atoms with Crippen molar-refractivity contribution in [2.45, 2.75) is 6.18 Å². The number of nitrogens with zero attached hydrogens (tertiary/aromatic N) is 1. The van der Waals surface area contributed by atoms with E-state index in [2.05, 4.69) is 10.4 Å². The molecular formula is C6H8Cl2F3N3. The van der Waals surface area contributed by atoms with E-state index in [1.807, 2.05) is 0 Å². The molecule has 0 aliphatic heterocycles. The third kappa shape index (κ3) is 3.99. The standard InChI is InChI=1S/C6H6F3N3.2ClH/c7-6(8,9)5-2-1-4(12-10)3-11-5;;/h1-3,12H,10H2;2*1H. The van der Waals surface area contributed by atoms with Gasteiger partial charge in [-0.3, -0.25) is 5.84 Å². The number of pyridine rings is 1. The van der Waals surface area contributed by atoms with Gasteiger partial charge in [0.05, 0.1) is 11.9 Å². The highest BCUT2D eigenvalue weighted by molar-refractivity contribution is 5.85. The second-order valence-corrected chi connectivity index (χ2v) is 2.07. The monoisotopic (exact) mass is 249 g/mol. The summed E-state index contributed by atoms with van der Waals surface area (Å²) in [5.41, 5.74) is 1.58. The Labute approximate surface area is 90.7 Å². The number of nitrogens with one attached hydrogen (secondary N) is 1. The molecule has 1 aromatic heterocycles. The Morgan fingerprint density at radius 2 is 1.79 bits per heavy atom. The van der Waals surface area contributed by atoms with Gasteiger partial charge < -0.3 is 5.43 Å². The van der Waals surface area contributed by atoms with Gasteiger partial charge in [0.2, 0.25) is 0 Å². The Hall–Kier alpha value is -0.720. The first-order chi connectivity index (χ1) is 5.54. The normalized spacial score (nSPS) is 9.71. The minimum Gasteiger partial charge on any atom is -0.323 e. The Morgan fingerprint density at radius 3 is 2.07 bits per heavy atom. The molecule has 3 nitrogen and oxygen atoms in total. The van der Waals surface area contributed by atoms with Gasteiger partial charge in [-0.2, -0.15) is 13.2 Å². The van der Waals surface area contributed by atoms with Gasteiger partial charge in [-0.15, -0.1) is 24.8 Å². The van der Waals surface area contributed by atoms with Crippen molar-refractivity contribution in [1.82, 2.24) is 4.98 Å². The fourth-order valence-corrected chi connectivity index (χ4v) is 0.647. The number of anilines is 1. The van der Waals surface area contributed by atoms with Crippen LogP contribution >= 0.6 is 24.8 Å². The fraction of sp³-hybridized carbons (Fsp3) is 0.167. The quantitative estimate of drug-likeness (QED) is 0.593. The SMILES string of the molecule is Cl.Cl.NNc1ccc(C(F)(F)F)nc1. The third-order valence-corrected chi connectivity index (χ3v) is 1.22. The molecule has 0 aliphatic rings. The summed E-state index contributed by atoms with van der Waals surface area (Å²) in [5, 5.41) is 0. The smallest absolute Gasteiger partial charge is 0.323 e. The summed E-state index contributed by atoms with van der Waals surface area (Å²) in [4.78, 5) is 3.15. The average molecular weight is 250 g/mol. The summed E-state index contributed by atoms with van der Waals surface area (Å²) >= 11 is 0. The maximum absolute atomic E-state index is 11.9. The molecule has 0 bridgehead atoms. The number of alkyl halides is 3. The van der Waals surface area contributed by atoms with E-state index in [4.69, 9.17) is 5.84 Å². The second kappa shape index (κ2) is 5.90. The van der Waals surface area contributed by atoms with Crippen molar-refractivity contribution in [2.75, 3.05) is 5.43 Å². The lowest BCUT2D eigenvalue weighted by Crippen LogP contribution is -2.10. The van der Waals surface area contributed by atoms with Crippen molar-refractivity contribution in [3.8, 4) is 0 Å². The van der Waals surface area contributed by atoms with Crippen molar-refractivity contribution in [3.63, 3.8) is 0 Å². The fourth-order valence-electron chi connectivity index (χ4n) is 0.647. The van der Waals surface area contributed by atoms with E-state index >= 15 is 0 Å². The van der Waals surface area contributed by atoms with Crippen LogP contribution in [0, 0.1) is 0 Å². The Bertz CT molecular complexity index is 262. The summed E-state index contributed by atoms with van der Waals surface area (Å²) < 4.78 is 35.7. The minimum atomic E-state index is -4.40. The molecule has 82 valence electrons. The van der Waals surface area contributed by atoms with Gasteiger partial charge in [0.25, 0.3) is 0 Å². The maximum Gasteiger partial charge on any atom is 0.433 e. The van der Waals surface area contributed by atoms with Crippen LogP contribution in [0.5, 0.6) is 0 Å². The average Bonchev–Trinajstić information content (AvgIpc) is 2.03. The van der Waals surface area contributed by atoms with Crippen LogP contribution in [0.25, 0.3) is 0 Å². The van der Waals surface area contributed by atoms with E-state index in [1.54, 1.807) is 0 Å². The molecule has 0 fully saturated rings. The number of nitrogens with two attached hydrogens (primary N) is 1. The molecular weight excluding hydrogens is 242 g/mol. The molecule has 0 aliphatic carbocycles. The van der Waals surface area contributed by atoms with Crippen LogP contribution in [0.4, 0.5) is 18.9 Å². The van der Waals surface area contributed by atoms with Crippen LogP contribution in [-0.4, -0.2) is 4.98 Å². The van der Waals surface area contributed by atoms with Crippen molar-refractivity contribution >= 4 is 30.5 Å². The molecule has 1 rings (SSSR count). The van der Waals surface area contributed by atoms with Crippen LogP contribution in [0.3, 0.4) is 0 Å². The molecule has 0 spiro atoms. The molecule has 3 N–H and O–H groups in total. The predicted octanol–water partition coefficient (Wildman–Crippen LogP) is 2.23. The van der Waals surface area contributed by atoms with Gasteiger partial charge in [0.15, 0.2) is 0 Å². The zero-order valence-electron chi connectivity index (χ0n) is 6.71. The molecule has 0 saturated heterocycles. The number of hydrogen-bond donors (Lipinski definition) is 2. The summed E-state index contributed by atoms with van der Waals surface area (Å²) in [6.45, 7) is 0. The first-order valence-electron chi connectivity index (χ1n) is 3.04. The molecule has 1 aromatic rings. The third-order valence-electron chi connectivity index (χ3n) is 1.22. The lowest BCUT2D eigenvalue weighted by atomic mass is 10.3. The van der Waals surface area contributed by atoms with E-state index < -0.39 is 11.9 Å². The van der Waals surface area contributed by atoms with E-state index in [0.717, 1.165) is 12.3 Å². The molecule has 0 saturated carbocycles. The number of hydrogen-bond acceptors (Lipinski definition) is 3. The number of nitrogen functional groups attached to an aromatic ring is 1. The molecule has 0 unspecified atom stereocenters. The first-order valence-corrected chi connectivity index (χ1v) is 3.04. The molecule has 14 heavy (non-hydrogen) atoms. The van der Waals surface area contributed by atoms with E-state index in [0.29, 0.717) is 5.69 Å². The van der Waals surface area contributed by atoms with E-state index in [1.165, 1.54) is 6.07 Å². The van der Waals surface area contributed by atoms with Gasteiger partial charge >= 0.3 is 6.18 Å². The number of rotatable bonds is 1. The molecule has 8 heteroatoms. The molecule has 0 aromatic carbocycles. The largest absolute Gasteiger partial charge is 0.433 e. The number of hydrazine groups is 1. The van der Waals surface area contributed by atoms with Crippen LogP contribution in [-0.2, 0) is 6.18 Å². The Balaban J connectivity index is 0. The van der Waals surface area contributed by atoms with Gasteiger partial charge in [0, 0.05) is 0 Å². The molecule has 1 heterocycles. The first kappa shape index (κ1) is 15.7. The Morgan fingerprint density at radius 1 is 1.21 bits per heavy atom. The van der Waals surface area contributed by atoms with Gasteiger partial charge in [0.1, 0.15) is 5.69 Å². The number of aromatic nitrogens is 1. The predicted molar refractivity (Wildman–Crippen MR) is 51.5 cm³/mol. The topological polar surface area (TPSA) is 50.9 Å². The highest BCUT2D eigenvalue weighted by atomic mass is 35.5. The zero-order valence-corrected chi connectivity index (χ0v) is 8.34. The highest BCUT2D eigenvalue weighted by Crippen LogP contribution is 2.27. The van der Waals surface area contributed by atoms with Gasteiger partial charge in [-0.05, 0) is 12.1 Å². The lowest BCUT2D eigenvalue weighted by Gasteiger charge is -2.05. The van der Waals surface area contributed by atoms with Gasteiger partial charge in [-0.1, -0.05) is 0 Å². The lowest BCUT2D eigenvalue weighted by molar-refractivity contribution is -0.141. The van der Waals surface area contributed by atoms with Crippen molar-refractivity contribution < 1.29 is 13.2 Å². The summed E-state index contributed by atoms with van der Waals surface area (Å²) in [5.74, 6) is 4.94. The summed E-state index contributed by atoms with van der Waals surface area (Å²) in [7, 11) is 0. The van der Waals surface area contributed by atoms with Gasteiger partial charge in [-0.25, -0.2) is 4.98 Å². The van der Waals surface area contributed by atoms with Crippen LogP contribution in [0.2, 0.25) is 0 Å². The highest BCUT2D eigenvalue weighted by Gasteiger charge is 2.31. The van der Waals surface area contributed by atoms with Crippen molar-refractivity contribution in [1.29, 1.82) is 0 Å². The molecule has 0 atom stereocenters. The van der Waals surface area contributed by atoms with E-state index in [-0.39, 0.29) is 24.8 Å². The van der Waals surface area contributed by atoms with Crippen LogP contribution in [0.15, 0.2) is 18.3 Å². The molecule has 0 amide bonds. The maximum atomic E-state index is 11.9. The molecule has 0 radical (unpaired) electrons. The van der Waals surface area contributed by atoms with Crippen LogP contribution in [0.1, 0.15) is 5.69 Å². The van der Waals surface area contributed by atoms with E-state index in [9.17, 15) is 13.2 Å². The van der Waals surface area contributed by atoms with Crippen molar-refractivity contribution in [2.24, 2.45) is 5.84 Å². The van der Waals surface area contributed by atoms with Crippen molar-refractivity contribution in [3.05, 3.63) is 24.0 Å². The number of halogens is 5. The zero-order chi connectivity index (χ0) is 9.19. The second-order valence-electron chi connectivity index (χ2n) is 2.07.